The first-order chi connectivity index (χ1) is 18.8. The van der Waals surface area contributed by atoms with Gasteiger partial charge in [-0.2, -0.15) is 0 Å². The van der Waals surface area contributed by atoms with Gasteiger partial charge in [-0.05, 0) is 84.2 Å². The maximum atomic E-state index is 16.2. The fourth-order valence-electron chi connectivity index (χ4n) is 5.09. The Labute approximate surface area is 228 Å². The van der Waals surface area contributed by atoms with Gasteiger partial charge in [0.05, 0.1) is 0 Å². The minimum atomic E-state index is -1.20. The van der Waals surface area contributed by atoms with Crippen LogP contribution in [0.25, 0.3) is 5.57 Å². The summed E-state index contributed by atoms with van der Waals surface area (Å²) in [5, 5.41) is 8.92. The van der Waals surface area contributed by atoms with Gasteiger partial charge < -0.3 is 15.7 Å². The van der Waals surface area contributed by atoms with Crippen molar-refractivity contribution in [3.63, 3.8) is 0 Å². The fraction of sp³-hybridized carbons (Fsp3) is 0.250. The first-order valence-electron chi connectivity index (χ1n) is 12.9. The smallest absolute Gasteiger partial charge is 0.328 e. The molecule has 2 aliphatic rings. The Morgan fingerprint density at radius 2 is 1.87 bits per heavy atom. The molecule has 0 amide bonds. The van der Waals surface area contributed by atoms with Crippen LogP contribution in [0.5, 0.6) is 0 Å². The van der Waals surface area contributed by atoms with Crippen molar-refractivity contribution in [3.8, 4) is 0 Å². The van der Waals surface area contributed by atoms with Crippen LogP contribution < -0.4 is 10.6 Å². The third-order valence-electron chi connectivity index (χ3n) is 7.14. The average molecular weight is 530 g/mol. The maximum absolute atomic E-state index is 16.2. The number of halogens is 2. The highest BCUT2D eigenvalue weighted by atomic mass is 19.2. The Hall–Kier alpha value is -4.26. The van der Waals surface area contributed by atoms with Crippen LogP contribution in [0.2, 0.25) is 0 Å². The topological polar surface area (TPSA) is 78.9 Å². The van der Waals surface area contributed by atoms with E-state index in [2.05, 4.69) is 23.7 Å². The molecule has 4 rings (SSSR count). The van der Waals surface area contributed by atoms with Gasteiger partial charge in [-0.25, -0.2) is 13.6 Å². The van der Waals surface area contributed by atoms with Gasteiger partial charge in [0, 0.05) is 42.8 Å². The summed E-state index contributed by atoms with van der Waals surface area (Å²) in [5.74, 6) is -2.66. The third-order valence-corrected chi connectivity index (χ3v) is 7.14. The van der Waals surface area contributed by atoms with E-state index in [9.17, 15) is 4.79 Å². The van der Waals surface area contributed by atoms with E-state index < -0.39 is 23.7 Å². The Bertz CT molecular complexity index is 1400. The molecule has 0 radical (unpaired) electrons. The molecule has 0 bridgehead atoms. The largest absolute Gasteiger partial charge is 0.478 e. The highest BCUT2D eigenvalue weighted by molar-refractivity contribution is 6.09. The predicted octanol–water partition coefficient (Wildman–Crippen LogP) is 6.96. The van der Waals surface area contributed by atoms with Gasteiger partial charge in [-0.15, -0.1) is 0 Å². The Balaban J connectivity index is 1.84. The highest BCUT2D eigenvalue weighted by Crippen LogP contribution is 2.45. The van der Waals surface area contributed by atoms with Gasteiger partial charge in [0.2, 0.25) is 0 Å². The van der Waals surface area contributed by atoms with Gasteiger partial charge in [-0.3, -0.25) is 4.99 Å². The fourth-order valence-corrected chi connectivity index (χ4v) is 5.09. The summed E-state index contributed by atoms with van der Waals surface area (Å²) < 4.78 is 31.7. The number of aliphatic imine (C=N–C) groups is 1. The lowest BCUT2D eigenvalue weighted by molar-refractivity contribution is -0.131. The van der Waals surface area contributed by atoms with Gasteiger partial charge in [-0.1, -0.05) is 43.0 Å². The van der Waals surface area contributed by atoms with Crippen molar-refractivity contribution in [1.82, 2.24) is 0 Å². The molecule has 3 N–H and O–H groups in total. The summed E-state index contributed by atoms with van der Waals surface area (Å²) in [4.78, 5) is 16.9. The third kappa shape index (κ3) is 6.25. The molecule has 5 nitrogen and oxygen atoms in total. The molecule has 2 aromatic carbocycles. The van der Waals surface area contributed by atoms with Gasteiger partial charge in [0.25, 0.3) is 0 Å². The summed E-state index contributed by atoms with van der Waals surface area (Å²) in [5.41, 5.74) is 11.1. The van der Waals surface area contributed by atoms with Crippen molar-refractivity contribution in [2.75, 3.05) is 11.9 Å². The van der Waals surface area contributed by atoms with Crippen molar-refractivity contribution >= 4 is 23.4 Å². The maximum Gasteiger partial charge on any atom is 0.328 e. The van der Waals surface area contributed by atoms with Crippen molar-refractivity contribution in [1.29, 1.82) is 0 Å². The number of benzene rings is 2. The summed E-state index contributed by atoms with van der Waals surface area (Å²) in [6.07, 6.45) is 10.4. The van der Waals surface area contributed by atoms with Crippen LogP contribution in [0.3, 0.4) is 0 Å². The summed E-state index contributed by atoms with van der Waals surface area (Å²) in [6.45, 7) is 5.59. The zero-order valence-corrected chi connectivity index (χ0v) is 22.1. The molecule has 1 saturated carbocycles. The number of allylic oxidation sites excluding steroid dienone is 6. The van der Waals surface area contributed by atoms with E-state index in [-0.39, 0.29) is 11.6 Å². The van der Waals surface area contributed by atoms with E-state index >= 15 is 8.78 Å². The second-order valence-corrected chi connectivity index (χ2v) is 9.87. The molecule has 2 aromatic rings. The average Bonchev–Trinajstić information content (AvgIpc) is 3.78. The van der Waals surface area contributed by atoms with Crippen LogP contribution in [-0.2, 0) is 11.2 Å². The van der Waals surface area contributed by atoms with Crippen LogP contribution in [0.1, 0.15) is 54.0 Å². The molecule has 1 aliphatic carbocycles. The summed E-state index contributed by atoms with van der Waals surface area (Å²) >= 11 is 0. The number of anilines is 1. The quantitative estimate of drug-likeness (QED) is 0.209. The number of aliphatic carboxylic acids is 1. The Morgan fingerprint density at radius 1 is 1.15 bits per heavy atom. The minimum Gasteiger partial charge on any atom is -0.478 e. The van der Waals surface area contributed by atoms with Crippen molar-refractivity contribution < 1.29 is 18.7 Å². The molecule has 0 saturated heterocycles. The van der Waals surface area contributed by atoms with Gasteiger partial charge >= 0.3 is 5.97 Å². The number of carbonyl (C=O) groups is 1. The Kier molecular flexibility index (Phi) is 8.59. The van der Waals surface area contributed by atoms with E-state index in [0.29, 0.717) is 17.9 Å². The van der Waals surface area contributed by atoms with E-state index in [0.717, 1.165) is 34.5 Å². The first kappa shape index (κ1) is 27.8. The Morgan fingerprint density at radius 3 is 2.46 bits per heavy atom. The standard InChI is InChI=1S/C32H33F2N3O2/c1-4-21(5-14-30(38)39)16-29(33)31(34)32-28-13-10-24(26(18-35)19-36-3)17-25(28)15-20(2)37(32)27-11-8-23(9-12-27)22-6-7-22/h4-5,8-14,16-20,22,32H,1,6-7,15,35H2,2-3H3,(H,38,39)/b14-5+,21-16+,26-18?,31-29+,36-19?. The number of carboxylic acids is 1. The van der Waals surface area contributed by atoms with Crippen LogP contribution in [-0.4, -0.2) is 30.4 Å². The number of carboxylic acid groups (broad SMARTS) is 1. The SMILES string of the molecule is C=CC(/C=C/C(=O)O)=C\C(F)=C(/F)C1c2ccc(C(C=NC)=CN)cc2CC(C)N1c1ccc(C2CC2)cc1. The highest BCUT2D eigenvalue weighted by Gasteiger charge is 2.37. The molecule has 1 heterocycles. The summed E-state index contributed by atoms with van der Waals surface area (Å²) in [7, 11) is 1.66. The lowest BCUT2D eigenvalue weighted by Gasteiger charge is -2.43. The van der Waals surface area contributed by atoms with Crippen LogP contribution in [0, 0.1) is 0 Å². The van der Waals surface area contributed by atoms with E-state index in [4.69, 9.17) is 10.8 Å². The van der Waals surface area contributed by atoms with Crippen molar-refractivity contribution in [3.05, 3.63) is 119 Å². The number of fused-ring (bicyclic) bond motifs is 1. The lowest BCUT2D eigenvalue weighted by atomic mass is 9.85. The number of hydrogen-bond acceptors (Lipinski definition) is 4. The minimum absolute atomic E-state index is 0.140. The van der Waals surface area contributed by atoms with Crippen molar-refractivity contribution in [2.24, 2.45) is 10.7 Å². The van der Waals surface area contributed by atoms with E-state index in [1.54, 1.807) is 13.3 Å². The molecule has 0 spiro atoms. The first-order valence-corrected chi connectivity index (χ1v) is 12.9. The van der Waals surface area contributed by atoms with E-state index in [1.165, 1.54) is 36.8 Å². The normalized spacial score (nSPS) is 20.8. The second kappa shape index (κ2) is 12.1. The number of nitrogens with two attached hydrogens (primary N) is 1. The molecule has 2 atom stereocenters. The molecule has 2 unspecified atom stereocenters. The van der Waals surface area contributed by atoms with Crippen molar-refractivity contribution in [2.45, 2.75) is 44.2 Å². The van der Waals surface area contributed by atoms with Gasteiger partial charge in [0.1, 0.15) is 6.04 Å². The van der Waals surface area contributed by atoms with E-state index in [1.807, 2.05) is 42.2 Å². The molecular formula is C32H33F2N3O2. The molecule has 202 valence electrons. The van der Waals surface area contributed by atoms with Crippen LogP contribution >= 0.6 is 0 Å². The number of nitrogens with zero attached hydrogens (tertiary/aromatic N) is 2. The molecule has 1 fully saturated rings. The second-order valence-electron chi connectivity index (χ2n) is 9.87. The zero-order chi connectivity index (χ0) is 28.1. The van der Waals surface area contributed by atoms with Crippen LogP contribution in [0.15, 0.2) is 102 Å². The summed E-state index contributed by atoms with van der Waals surface area (Å²) in [6, 6.07) is 12.5. The number of hydrogen-bond donors (Lipinski definition) is 2. The van der Waals surface area contributed by atoms with Crippen LogP contribution in [0.4, 0.5) is 14.5 Å². The molecule has 7 heteroatoms. The molecule has 0 aromatic heterocycles. The lowest BCUT2D eigenvalue weighted by Crippen LogP contribution is -2.43. The zero-order valence-electron chi connectivity index (χ0n) is 22.1. The molecule has 39 heavy (non-hydrogen) atoms. The number of rotatable bonds is 9. The monoisotopic (exact) mass is 529 g/mol. The van der Waals surface area contributed by atoms with Gasteiger partial charge in [0.15, 0.2) is 11.7 Å². The predicted molar refractivity (Wildman–Crippen MR) is 154 cm³/mol. The molecular weight excluding hydrogens is 496 g/mol. The molecule has 1 aliphatic heterocycles.